The lowest BCUT2D eigenvalue weighted by molar-refractivity contribution is -0.133. The molecule has 0 fully saturated rings. The summed E-state index contributed by atoms with van der Waals surface area (Å²) in [5.74, 6) is 1.60. The van der Waals surface area contributed by atoms with Crippen LogP contribution in [0, 0.1) is 0 Å². The Morgan fingerprint density at radius 1 is 1.22 bits per heavy atom. The van der Waals surface area contributed by atoms with Gasteiger partial charge in [0.15, 0.2) is 11.5 Å². The van der Waals surface area contributed by atoms with Gasteiger partial charge in [-0.1, -0.05) is 18.2 Å². The summed E-state index contributed by atoms with van der Waals surface area (Å²) in [6.45, 7) is 0.0972. The van der Waals surface area contributed by atoms with Crippen LogP contribution in [0.4, 0.5) is 5.82 Å². The summed E-state index contributed by atoms with van der Waals surface area (Å²) in [6, 6.07) is 11.7. The fourth-order valence-electron chi connectivity index (χ4n) is 2.57. The highest BCUT2D eigenvalue weighted by Crippen LogP contribution is 2.30. The van der Waals surface area contributed by atoms with Crippen molar-refractivity contribution in [3.05, 3.63) is 48.7 Å². The van der Waals surface area contributed by atoms with Crippen LogP contribution in [0.3, 0.4) is 0 Å². The van der Waals surface area contributed by atoms with Gasteiger partial charge in [0.25, 0.3) is 5.91 Å². The highest BCUT2D eigenvalue weighted by Gasteiger charge is 2.30. The molecule has 2 amide bonds. The van der Waals surface area contributed by atoms with E-state index in [1.807, 2.05) is 18.4 Å². The minimum absolute atomic E-state index is 0.0972. The maximum atomic E-state index is 12.6. The normalized spacial score (nSPS) is 16.3. The Morgan fingerprint density at radius 2 is 2.00 bits per heavy atom. The van der Waals surface area contributed by atoms with Gasteiger partial charge < -0.3 is 20.1 Å². The van der Waals surface area contributed by atoms with Gasteiger partial charge in [-0.05, 0) is 42.7 Å². The number of thioether (sulfide) groups is 1. The summed E-state index contributed by atoms with van der Waals surface area (Å²) in [6.07, 6.45) is 3.23. The molecule has 3 rings (SSSR count). The van der Waals surface area contributed by atoms with Gasteiger partial charge in [0.05, 0.1) is 0 Å². The predicted molar refractivity (Wildman–Crippen MR) is 104 cm³/mol. The second-order valence-electron chi connectivity index (χ2n) is 5.91. The zero-order valence-corrected chi connectivity index (χ0v) is 15.7. The first-order chi connectivity index (χ1) is 13.2. The van der Waals surface area contributed by atoms with E-state index in [4.69, 9.17) is 9.47 Å². The van der Waals surface area contributed by atoms with Crippen LogP contribution < -0.4 is 20.1 Å². The van der Waals surface area contributed by atoms with Crippen LogP contribution in [0.15, 0.2) is 48.7 Å². The van der Waals surface area contributed by atoms with Gasteiger partial charge in [0.2, 0.25) is 12.0 Å². The molecule has 8 heteroatoms. The average molecular weight is 387 g/mol. The first-order valence-corrected chi connectivity index (χ1v) is 9.96. The lowest BCUT2D eigenvalue weighted by atomic mass is 10.2. The molecule has 0 saturated carbocycles. The second-order valence-corrected chi connectivity index (χ2v) is 6.90. The van der Waals surface area contributed by atoms with Crippen LogP contribution >= 0.6 is 11.8 Å². The summed E-state index contributed by atoms with van der Waals surface area (Å²) >= 11 is 1.60. The molecule has 142 valence electrons. The minimum Gasteiger partial charge on any atom is -0.485 e. The minimum atomic E-state index is -0.806. The van der Waals surface area contributed by atoms with Crippen molar-refractivity contribution in [1.82, 2.24) is 10.3 Å². The molecule has 2 heterocycles. The van der Waals surface area contributed by atoms with Gasteiger partial charge in [-0.15, -0.1) is 0 Å². The lowest BCUT2D eigenvalue weighted by Gasteiger charge is -2.27. The van der Waals surface area contributed by atoms with E-state index in [1.165, 1.54) is 0 Å². The standard InChI is InChI=1S/C19H21N3O4S/c1-27-11-9-13(18(23)22-17-8-4-5-10-20-17)21-19(24)16-12-25-14-6-2-3-7-15(14)26-16/h2-8,10,13,16H,9,11-12H2,1H3,(H,21,24)(H,20,22,23)/t13-,16+/m1/s1. The number of carbonyl (C=O) groups is 2. The Balaban J connectivity index is 1.63. The summed E-state index contributed by atoms with van der Waals surface area (Å²) < 4.78 is 11.3. The molecule has 1 aromatic heterocycles. The highest BCUT2D eigenvalue weighted by atomic mass is 32.2. The van der Waals surface area contributed by atoms with E-state index in [9.17, 15) is 9.59 Å². The zero-order valence-electron chi connectivity index (χ0n) is 14.9. The molecule has 0 saturated heterocycles. The van der Waals surface area contributed by atoms with Gasteiger partial charge >= 0.3 is 0 Å². The molecular weight excluding hydrogens is 366 g/mol. The Bertz CT molecular complexity index is 788. The van der Waals surface area contributed by atoms with Crippen molar-refractivity contribution in [3.63, 3.8) is 0 Å². The molecule has 0 radical (unpaired) electrons. The van der Waals surface area contributed by atoms with Crippen molar-refractivity contribution in [3.8, 4) is 11.5 Å². The first-order valence-electron chi connectivity index (χ1n) is 8.57. The van der Waals surface area contributed by atoms with Crippen LogP contribution in [0.25, 0.3) is 0 Å². The van der Waals surface area contributed by atoms with E-state index in [0.717, 1.165) is 5.75 Å². The molecule has 2 N–H and O–H groups in total. The Hall–Kier alpha value is -2.74. The predicted octanol–water partition coefficient (Wildman–Crippen LogP) is 2.10. The molecular formula is C19H21N3O4S. The van der Waals surface area contributed by atoms with Crippen molar-refractivity contribution >= 4 is 29.4 Å². The molecule has 2 atom stereocenters. The van der Waals surface area contributed by atoms with Crippen LogP contribution in [0.1, 0.15) is 6.42 Å². The number of hydrogen-bond donors (Lipinski definition) is 2. The number of para-hydroxylation sites is 2. The molecule has 1 aliphatic heterocycles. The Kier molecular flexibility index (Phi) is 6.54. The third-order valence-corrected chi connectivity index (χ3v) is 4.60. The number of hydrogen-bond acceptors (Lipinski definition) is 6. The number of nitrogens with zero attached hydrogens (tertiary/aromatic N) is 1. The van der Waals surface area contributed by atoms with Gasteiger partial charge in [-0.25, -0.2) is 4.98 Å². The van der Waals surface area contributed by atoms with E-state index in [-0.39, 0.29) is 18.4 Å². The van der Waals surface area contributed by atoms with Crippen LogP contribution in [-0.2, 0) is 9.59 Å². The Labute approximate surface area is 161 Å². The van der Waals surface area contributed by atoms with E-state index < -0.39 is 12.1 Å². The molecule has 27 heavy (non-hydrogen) atoms. The van der Waals surface area contributed by atoms with Crippen LogP contribution in [0.5, 0.6) is 11.5 Å². The van der Waals surface area contributed by atoms with Crippen molar-refractivity contribution in [2.24, 2.45) is 0 Å². The molecule has 0 aliphatic carbocycles. The third kappa shape index (κ3) is 5.13. The Morgan fingerprint density at radius 3 is 2.74 bits per heavy atom. The van der Waals surface area contributed by atoms with Crippen molar-refractivity contribution in [2.75, 3.05) is 23.9 Å². The van der Waals surface area contributed by atoms with E-state index in [0.29, 0.717) is 23.7 Å². The van der Waals surface area contributed by atoms with Gasteiger partial charge in [0.1, 0.15) is 18.5 Å². The molecule has 1 aromatic carbocycles. The molecule has 2 aromatic rings. The number of rotatable bonds is 7. The van der Waals surface area contributed by atoms with Crippen molar-refractivity contribution < 1.29 is 19.1 Å². The summed E-state index contributed by atoms with van der Waals surface area (Å²) in [7, 11) is 0. The van der Waals surface area contributed by atoms with Crippen molar-refractivity contribution in [1.29, 1.82) is 0 Å². The second kappa shape index (κ2) is 9.27. The number of aromatic nitrogens is 1. The van der Waals surface area contributed by atoms with Gasteiger partial charge in [-0.3, -0.25) is 9.59 Å². The summed E-state index contributed by atoms with van der Waals surface area (Å²) in [4.78, 5) is 29.3. The molecule has 1 aliphatic rings. The topological polar surface area (TPSA) is 89.5 Å². The molecule has 7 nitrogen and oxygen atoms in total. The monoisotopic (exact) mass is 387 g/mol. The number of ether oxygens (including phenoxy) is 2. The van der Waals surface area contributed by atoms with Gasteiger partial charge in [0, 0.05) is 6.20 Å². The van der Waals surface area contributed by atoms with E-state index in [1.54, 1.807) is 48.3 Å². The van der Waals surface area contributed by atoms with Crippen molar-refractivity contribution in [2.45, 2.75) is 18.6 Å². The lowest BCUT2D eigenvalue weighted by Crippen LogP contribution is -2.51. The first kappa shape index (κ1) is 19.0. The maximum absolute atomic E-state index is 12.6. The maximum Gasteiger partial charge on any atom is 0.265 e. The number of benzene rings is 1. The quantitative estimate of drug-likeness (QED) is 0.756. The summed E-state index contributed by atoms with van der Waals surface area (Å²) in [5.41, 5.74) is 0. The smallest absolute Gasteiger partial charge is 0.265 e. The molecule has 0 spiro atoms. The van der Waals surface area contributed by atoms with Crippen LogP contribution in [0.2, 0.25) is 0 Å². The number of amides is 2. The largest absolute Gasteiger partial charge is 0.485 e. The highest BCUT2D eigenvalue weighted by molar-refractivity contribution is 7.98. The SMILES string of the molecule is CSCC[C@@H](NC(=O)[C@@H]1COc2ccccc2O1)C(=O)Nc1ccccn1. The van der Waals surface area contributed by atoms with E-state index >= 15 is 0 Å². The third-order valence-electron chi connectivity index (χ3n) is 3.96. The van der Waals surface area contributed by atoms with E-state index in [2.05, 4.69) is 15.6 Å². The average Bonchev–Trinajstić information content (AvgIpc) is 2.71. The molecule has 0 unspecified atom stereocenters. The fourth-order valence-corrected chi connectivity index (χ4v) is 3.04. The van der Waals surface area contributed by atoms with Crippen LogP contribution in [-0.4, -0.2) is 47.6 Å². The number of carbonyl (C=O) groups excluding carboxylic acids is 2. The summed E-state index contributed by atoms with van der Waals surface area (Å²) in [5, 5.41) is 5.50. The molecule has 0 bridgehead atoms. The zero-order chi connectivity index (χ0) is 19.1. The number of pyridine rings is 1. The number of anilines is 1. The van der Waals surface area contributed by atoms with Gasteiger partial charge in [-0.2, -0.15) is 11.8 Å². The fraction of sp³-hybridized carbons (Fsp3) is 0.316. The number of nitrogens with one attached hydrogen (secondary N) is 2. The number of fused-ring (bicyclic) bond motifs is 1.